The highest BCUT2D eigenvalue weighted by Gasteiger charge is 2.29. The van der Waals surface area contributed by atoms with Crippen LogP contribution in [0, 0.1) is 19.8 Å². The average molecular weight is 303 g/mol. The Morgan fingerprint density at radius 3 is 2.55 bits per heavy atom. The Balaban J connectivity index is 2.14. The van der Waals surface area contributed by atoms with Gasteiger partial charge in [0, 0.05) is 6.04 Å². The first-order valence-corrected chi connectivity index (χ1v) is 8.57. The van der Waals surface area contributed by atoms with Crippen molar-refractivity contribution in [3.63, 3.8) is 0 Å². The highest BCUT2D eigenvalue weighted by Crippen LogP contribution is 2.32. The minimum absolute atomic E-state index is 0.151. The lowest BCUT2D eigenvalue weighted by Gasteiger charge is -2.37. The Kier molecular flexibility index (Phi) is 6.01. The van der Waals surface area contributed by atoms with Gasteiger partial charge in [0.2, 0.25) is 0 Å². The fraction of sp³-hybridized carbons (Fsp3) is 0.632. The first-order valence-electron chi connectivity index (χ1n) is 8.57. The van der Waals surface area contributed by atoms with Crippen molar-refractivity contribution in [3.8, 4) is 0 Å². The number of likely N-dealkylation sites (tertiary alicyclic amines) is 1. The van der Waals surface area contributed by atoms with Crippen LogP contribution in [0.5, 0.6) is 0 Å². The number of carboxylic acid groups (broad SMARTS) is 1. The molecule has 1 N–H and O–H groups in total. The summed E-state index contributed by atoms with van der Waals surface area (Å²) in [5.41, 5.74) is 4.09. The molecule has 0 aromatic heterocycles. The molecule has 1 aromatic rings. The number of carbonyl (C=O) groups is 1. The van der Waals surface area contributed by atoms with Crippen LogP contribution in [0.1, 0.15) is 61.8 Å². The minimum atomic E-state index is -0.628. The highest BCUT2D eigenvalue weighted by atomic mass is 16.4. The van der Waals surface area contributed by atoms with Crippen LogP contribution in [-0.2, 0) is 4.79 Å². The second kappa shape index (κ2) is 7.77. The largest absolute Gasteiger partial charge is 0.481 e. The van der Waals surface area contributed by atoms with Crippen LogP contribution in [0.2, 0.25) is 0 Å². The zero-order valence-electron chi connectivity index (χ0n) is 14.1. The third kappa shape index (κ3) is 4.10. The van der Waals surface area contributed by atoms with Crippen molar-refractivity contribution in [3.05, 3.63) is 34.9 Å². The summed E-state index contributed by atoms with van der Waals surface area (Å²) in [6.45, 7) is 8.37. The van der Waals surface area contributed by atoms with E-state index >= 15 is 0 Å². The molecule has 2 rings (SSSR count). The highest BCUT2D eigenvalue weighted by molar-refractivity contribution is 5.70. The van der Waals surface area contributed by atoms with Crippen LogP contribution in [0.4, 0.5) is 0 Å². The smallest absolute Gasteiger partial charge is 0.306 e. The number of aryl methyl sites for hydroxylation is 2. The van der Waals surface area contributed by atoms with Gasteiger partial charge in [0.05, 0.1) is 5.92 Å². The van der Waals surface area contributed by atoms with Crippen LogP contribution in [0.3, 0.4) is 0 Å². The molecule has 0 radical (unpaired) electrons. The number of hydrogen-bond donors (Lipinski definition) is 1. The van der Waals surface area contributed by atoms with Crippen molar-refractivity contribution in [2.45, 2.75) is 58.9 Å². The molecule has 1 aliphatic rings. The number of rotatable bonds is 6. The summed E-state index contributed by atoms with van der Waals surface area (Å²) in [5.74, 6) is -0.779. The molecule has 0 spiro atoms. The monoisotopic (exact) mass is 303 g/mol. The molecule has 0 saturated carbocycles. The minimum Gasteiger partial charge on any atom is -0.481 e. The van der Waals surface area contributed by atoms with E-state index in [0.29, 0.717) is 6.04 Å². The van der Waals surface area contributed by atoms with E-state index in [0.717, 1.165) is 32.4 Å². The summed E-state index contributed by atoms with van der Waals surface area (Å²) in [7, 11) is 0. The van der Waals surface area contributed by atoms with Crippen molar-refractivity contribution in [2.75, 3.05) is 13.1 Å². The first-order chi connectivity index (χ1) is 10.5. The molecule has 1 saturated heterocycles. The quantitative estimate of drug-likeness (QED) is 0.850. The van der Waals surface area contributed by atoms with Crippen molar-refractivity contribution in [1.29, 1.82) is 0 Å². The lowest BCUT2D eigenvalue weighted by molar-refractivity contribution is -0.143. The standard InChI is InChI=1S/C19H29NO2/c1-4-5-6-18(17-8-7-14(2)13-15(17)3)20-11-9-16(10-12-20)19(21)22/h7-8,13,16,18H,4-6,9-12H2,1-3H3,(H,21,22). The Labute approximate surface area is 134 Å². The number of carboxylic acids is 1. The summed E-state index contributed by atoms with van der Waals surface area (Å²) in [6.07, 6.45) is 5.15. The third-order valence-corrected chi connectivity index (χ3v) is 4.93. The van der Waals surface area contributed by atoms with Gasteiger partial charge in [0.25, 0.3) is 0 Å². The molecule has 0 bridgehead atoms. The maximum absolute atomic E-state index is 11.1. The van der Waals surface area contributed by atoms with Gasteiger partial charge in [-0.1, -0.05) is 43.5 Å². The number of piperidine rings is 1. The zero-order chi connectivity index (χ0) is 16.1. The fourth-order valence-electron chi connectivity index (χ4n) is 3.59. The van der Waals surface area contributed by atoms with Crippen LogP contribution >= 0.6 is 0 Å². The second-order valence-electron chi connectivity index (χ2n) is 6.67. The molecule has 0 amide bonds. The van der Waals surface area contributed by atoms with Gasteiger partial charge in [0.1, 0.15) is 0 Å². The molecule has 3 nitrogen and oxygen atoms in total. The predicted octanol–water partition coefficient (Wildman–Crippen LogP) is 4.33. The van der Waals surface area contributed by atoms with Gasteiger partial charge in [-0.05, 0) is 57.3 Å². The number of benzene rings is 1. The molecule has 22 heavy (non-hydrogen) atoms. The Hall–Kier alpha value is -1.35. The molecular weight excluding hydrogens is 274 g/mol. The summed E-state index contributed by atoms with van der Waals surface area (Å²) in [6, 6.07) is 7.17. The Bertz CT molecular complexity index is 504. The number of aliphatic carboxylic acids is 1. The first kappa shape index (κ1) is 17.0. The van der Waals surface area contributed by atoms with Crippen molar-refractivity contribution < 1.29 is 9.90 Å². The Morgan fingerprint density at radius 1 is 1.32 bits per heavy atom. The van der Waals surface area contributed by atoms with E-state index in [1.807, 2.05) is 0 Å². The van der Waals surface area contributed by atoms with Crippen molar-refractivity contribution >= 4 is 5.97 Å². The maximum atomic E-state index is 11.1. The van der Waals surface area contributed by atoms with Crippen LogP contribution in [0.15, 0.2) is 18.2 Å². The van der Waals surface area contributed by atoms with E-state index in [1.165, 1.54) is 29.5 Å². The topological polar surface area (TPSA) is 40.5 Å². The Morgan fingerprint density at radius 2 is 2.00 bits per heavy atom. The normalized spacial score (nSPS) is 18.3. The van der Waals surface area contributed by atoms with E-state index < -0.39 is 5.97 Å². The third-order valence-electron chi connectivity index (χ3n) is 4.93. The molecule has 3 heteroatoms. The summed E-state index contributed by atoms with van der Waals surface area (Å²) in [5, 5.41) is 9.18. The van der Waals surface area contributed by atoms with Crippen molar-refractivity contribution in [1.82, 2.24) is 4.90 Å². The predicted molar refractivity (Wildman–Crippen MR) is 90.1 cm³/mol. The summed E-state index contributed by atoms with van der Waals surface area (Å²) in [4.78, 5) is 13.7. The summed E-state index contributed by atoms with van der Waals surface area (Å²) < 4.78 is 0. The van der Waals surface area contributed by atoms with Crippen LogP contribution in [0.25, 0.3) is 0 Å². The number of unbranched alkanes of at least 4 members (excludes halogenated alkanes) is 1. The molecule has 1 heterocycles. The molecule has 1 aliphatic heterocycles. The average Bonchev–Trinajstić information content (AvgIpc) is 2.49. The zero-order valence-corrected chi connectivity index (χ0v) is 14.1. The number of nitrogens with zero attached hydrogens (tertiary/aromatic N) is 1. The maximum Gasteiger partial charge on any atom is 0.306 e. The molecule has 1 aromatic carbocycles. The van der Waals surface area contributed by atoms with Crippen LogP contribution < -0.4 is 0 Å². The molecule has 1 unspecified atom stereocenters. The van der Waals surface area contributed by atoms with Crippen LogP contribution in [-0.4, -0.2) is 29.1 Å². The van der Waals surface area contributed by atoms with Gasteiger partial charge >= 0.3 is 5.97 Å². The van der Waals surface area contributed by atoms with Gasteiger partial charge in [0.15, 0.2) is 0 Å². The van der Waals surface area contributed by atoms with Gasteiger partial charge in [-0.15, -0.1) is 0 Å². The van der Waals surface area contributed by atoms with Gasteiger partial charge in [-0.25, -0.2) is 0 Å². The van der Waals surface area contributed by atoms with Gasteiger partial charge in [-0.2, -0.15) is 0 Å². The van der Waals surface area contributed by atoms with Crippen molar-refractivity contribution in [2.24, 2.45) is 5.92 Å². The van der Waals surface area contributed by atoms with E-state index in [-0.39, 0.29) is 5.92 Å². The van der Waals surface area contributed by atoms with E-state index in [9.17, 15) is 9.90 Å². The van der Waals surface area contributed by atoms with Gasteiger partial charge in [-0.3, -0.25) is 9.69 Å². The van der Waals surface area contributed by atoms with Gasteiger partial charge < -0.3 is 5.11 Å². The fourth-order valence-corrected chi connectivity index (χ4v) is 3.59. The molecule has 122 valence electrons. The lowest BCUT2D eigenvalue weighted by Crippen LogP contribution is -2.39. The molecule has 1 fully saturated rings. The SMILES string of the molecule is CCCCC(c1ccc(C)cc1C)N1CCC(C(=O)O)CC1. The summed E-state index contributed by atoms with van der Waals surface area (Å²) >= 11 is 0. The second-order valence-corrected chi connectivity index (χ2v) is 6.67. The molecule has 1 atom stereocenters. The molecular formula is C19H29NO2. The number of hydrogen-bond acceptors (Lipinski definition) is 2. The van der Waals surface area contributed by atoms with E-state index in [1.54, 1.807) is 0 Å². The van der Waals surface area contributed by atoms with E-state index in [2.05, 4.69) is 43.9 Å². The lowest BCUT2D eigenvalue weighted by atomic mass is 9.90. The molecule has 0 aliphatic carbocycles. The van der Waals surface area contributed by atoms with E-state index in [4.69, 9.17) is 0 Å².